The molecule has 8 heteroatoms. The van der Waals surface area contributed by atoms with Crippen LogP contribution in [0.2, 0.25) is 0 Å². The van der Waals surface area contributed by atoms with Crippen LogP contribution in [0.1, 0.15) is 37.8 Å². The van der Waals surface area contributed by atoms with Crippen LogP contribution in [-0.4, -0.2) is 35.1 Å². The number of allylic oxidation sites excluding steroid dienone is 1. The van der Waals surface area contributed by atoms with Gasteiger partial charge in [0.05, 0.1) is 26.5 Å². The summed E-state index contributed by atoms with van der Waals surface area (Å²) < 4.78 is 39.4. The first-order valence-corrected chi connectivity index (χ1v) is 11.6. The summed E-state index contributed by atoms with van der Waals surface area (Å²) in [5.41, 5.74) is 2.25. The topological polar surface area (TPSA) is 84.9 Å². The highest BCUT2D eigenvalue weighted by Crippen LogP contribution is 2.45. The molecule has 3 rings (SSSR count). The van der Waals surface area contributed by atoms with Crippen molar-refractivity contribution in [1.29, 1.82) is 0 Å². The van der Waals surface area contributed by atoms with Crippen molar-refractivity contribution < 1.29 is 22.7 Å². The molecule has 166 valence electrons. The number of sulfonamides is 1. The molecule has 1 aliphatic heterocycles. The Labute approximate surface area is 183 Å². The molecule has 1 aliphatic rings. The van der Waals surface area contributed by atoms with Crippen LogP contribution in [0.4, 0.5) is 5.69 Å². The van der Waals surface area contributed by atoms with Gasteiger partial charge in [-0.15, -0.1) is 0 Å². The van der Waals surface area contributed by atoms with Crippen LogP contribution in [0.15, 0.2) is 47.4 Å². The fraction of sp³-hybridized carbons (Fsp3) is 0.348. The van der Waals surface area contributed by atoms with Crippen LogP contribution < -0.4 is 19.1 Å². The molecular formula is C23H28N2O5S. The van der Waals surface area contributed by atoms with Crippen molar-refractivity contribution >= 4 is 27.2 Å². The minimum atomic E-state index is -4.10. The van der Waals surface area contributed by atoms with Gasteiger partial charge < -0.3 is 14.8 Å². The summed E-state index contributed by atoms with van der Waals surface area (Å²) in [6, 6.07) is 12.6. The van der Waals surface area contributed by atoms with E-state index in [9.17, 15) is 13.2 Å². The predicted octanol–water partition coefficient (Wildman–Crippen LogP) is 3.70. The van der Waals surface area contributed by atoms with Gasteiger partial charge in [-0.3, -0.25) is 9.10 Å². The fourth-order valence-corrected chi connectivity index (χ4v) is 5.35. The highest BCUT2D eigenvalue weighted by Gasteiger charge is 2.40. The number of amides is 1. The SMILES string of the molecule is CCCCNC(=O)C1=C(C)c2cc(OC)c(OC)cc2N(Cc2ccccc2)S1(=O)=O. The number of carbonyl (C=O) groups excluding carboxylic acids is 1. The third-order valence-corrected chi connectivity index (χ3v) is 7.17. The number of hydrogen-bond acceptors (Lipinski definition) is 5. The summed E-state index contributed by atoms with van der Waals surface area (Å²) >= 11 is 0. The third kappa shape index (κ3) is 4.39. The second kappa shape index (κ2) is 9.43. The molecule has 2 aromatic rings. The Morgan fingerprint density at radius 1 is 1.06 bits per heavy atom. The molecule has 0 saturated carbocycles. The lowest BCUT2D eigenvalue weighted by Gasteiger charge is -2.33. The van der Waals surface area contributed by atoms with Crippen molar-refractivity contribution in [3.63, 3.8) is 0 Å². The number of fused-ring (bicyclic) bond motifs is 1. The van der Waals surface area contributed by atoms with Crippen LogP contribution in [0, 0.1) is 0 Å². The number of methoxy groups -OCH3 is 2. The number of unbranched alkanes of at least 4 members (excludes halogenated alkanes) is 1. The van der Waals surface area contributed by atoms with E-state index in [1.807, 2.05) is 37.3 Å². The summed E-state index contributed by atoms with van der Waals surface area (Å²) in [7, 11) is -1.09. The van der Waals surface area contributed by atoms with E-state index in [4.69, 9.17) is 9.47 Å². The molecule has 0 saturated heterocycles. The Morgan fingerprint density at radius 3 is 2.32 bits per heavy atom. The van der Waals surface area contributed by atoms with Crippen LogP contribution in [0.25, 0.3) is 5.57 Å². The van der Waals surface area contributed by atoms with Crippen molar-refractivity contribution in [2.45, 2.75) is 33.2 Å². The van der Waals surface area contributed by atoms with Crippen molar-refractivity contribution in [3.05, 3.63) is 58.5 Å². The molecule has 0 aromatic heterocycles. The van der Waals surface area contributed by atoms with Gasteiger partial charge in [0.1, 0.15) is 0 Å². The average molecular weight is 445 g/mol. The molecular weight excluding hydrogens is 416 g/mol. The van der Waals surface area contributed by atoms with E-state index in [1.54, 1.807) is 19.1 Å². The molecule has 1 heterocycles. The monoisotopic (exact) mass is 444 g/mol. The zero-order valence-corrected chi connectivity index (χ0v) is 19.1. The first kappa shape index (κ1) is 22.7. The number of rotatable bonds is 8. The highest BCUT2D eigenvalue weighted by molar-refractivity contribution is 7.97. The summed E-state index contributed by atoms with van der Waals surface area (Å²) in [5, 5.41) is 2.75. The molecule has 1 amide bonds. The Morgan fingerprint density at radius 2 is 1.71 bits per heavy atom. The van der Waals surface area contributed by atoms with E-state index < -0.39 is 15.9 Å². The number of nitrogens with one attached hydrogen (secondary N) is 1. The molecule has 2 aromatic carbocycles. The van der Waals surface area contributed by atoms with Crippen molar-refractivity contribution in [1.82, 2.24) is 5.32 Å². The maximum absolute atomic E-state index is 13.7. The summed E-state index contributed by atoms with van der Waals surface area (Å²) in [6.07, 6.45) is 1.67. The zero-order chi connectivity index (χ0) is 22.6. The number of carbonyl (C=O) groups is 1. The van der Waals surface area contributed by atoms with Gasteiger partial charge in [0.25, 0.3) is 15.9 Å². The molecule has 31 heavy (non-hydrogen) atoms. The van der Waals surface area contributed by atoms with E-state index in [1.165, 1.54) is 18.5 Å². The van der Waals surface area contributed by atoms with Gasteiger partial charge in [-0.1, -0.05) is 43.7 Å². The summed E-state index contributed by atoms with van der Waals surface area (Å²) in [5.74, 6) is 0.285. The smallest absolute Gasteiger partial charge is 0.270 e. The quantitative estimate of drug-likeness (QED) is 0.628. The molecule has 0 atom stereocenters. The Kier molecular flexibility index (Phi) is 6.90. The number of hydrogen-bond donors (Lipinski definition) is 1. The van der Waals surface area contributed by atoms with Crippen molar-refractivity contribution in [2.24, 2.45) is 0 Å². The number of nitrogens with zero attached hydrogens (tertiary/aromatic N) is 1. The predicted molar refractivity (Wildman–Crippen MR) is 122 cm³/mol. The second-order valence-corrected chi connectivity index (χ2v) is 9.08. The Balaban J connectivity index is 2.19. The van der Waals surface area contributed by atoms with Gasteiger partial charge in [-0.2, -0.15) is 0 Å². The fourth-order valence-electron chi connectivity index (χ4n) is 3.60. The first-order valence-electron chi connectivity index (χ1n) is 10.2. The average Bonchev–Trinajstić information content (AvgIpc) is 2.76. The molecule has 0 radical (unpaired) electrons. The van der Waals surface area contributed by atoms with Crippen LogP contribution in [0.5, 0.6) is 11.5 Å². The first-order chi connectivity index (χ1) is 14.8. The normalized spacial score (nSPS) is 14.8. The van der Waals surface area contributed by atoms with E-state index >= 15 is 0 Å². The minimum Gasteiger partial charge on any atom is -0.493 e. The van der Waals surface area contributed by atoms with E-state index in [0.29, 0.717) is 34.9 Å². The van der Waals surface area contributed by atoms with Crippen LogP contribution in [0.3, 0.4) is 0 Å². The van der Waals surface area contributed by atoms with Gasteiger partial charge in [0, 0.05) is 18.2 Å². The van der Waals surface area contributed by atoms with Gasteiger partial charge >= 0.3 is 0 Å². The molecule has 7 nitrogen and oxygen atoms in total. The van der Waals surface area contributed by atoms with E-state index in [2.05, 4.69) is 5.32 Å². The van der Waals surface area contributed by atoms with E-state index in [-0.39, 0.29) is 11.4 Å². The number of ether oxygens (including phenoxy) is 2. The van der Waals surface area contributed by atoms with Gasteiger partial charge in [0.2, 0.25) is 0 Å². The molecule has 0 fully saturated rings. The lowest BCUT2D eigenvalue weighted by atomic mass is 10.0. The van der Waals surface area contributed by atoms with Crippen molar-refractivity contribution in [3.8, 4) is 11.5 Å². The minimum absolute atomic E-state index is 0.0880. The van der Waals surface area contributed by atoms with Crippen molar-refractivity contribution in [2.75, 3.05) is 25.1 Å². The van der Waals surface area contributed by atoms with Gasteiger partial charge in [0.15, 0.2) is 16.4 Å². The maximum Gasteiger partial charge on any atom is 0.270 e. The van der Waals surface area contributed by atoms with Gasteiger partial charge in [-0.25, -0.2) is 8.42 Å². The molecule has 0 spiro atoms. The number of anilines is 1. The van der Waals surface area contributed by atoms with Gasteiger partial charge in [-0.05, 0) is 30.5 Å². The molecule has 0 unspecified atom stereocenters. The molecule has 0 aliphatic carbocycles. The summed E-state index contributed by atoms with van der Waals surface area (Å²) in [6.45, 7) is 4.16. The maximum atomic E-state index is 13.7. The second-order valence-electron chi connectivity index (χ2n) is 7.29. The summed E-state index contributed by atoms with van der Waals surface area (Å²) in [4.78, 5) is 12.7. The zero-order valence-electron chi connectivity index (χ0n) is 18.3. The number of benzene rings is 2. The molecule has 0 bridgehead atoms. The lowest BCUT2D eigenvalue weighted by molar-refractivity contribution is -0.116. The Bertz CT molecular complexity index is 1090. The Hall–Kier alpha value is -3.00. The van der Waals surface area contributed by atoms with E-state index in [0.717, 1.165) is 18.4 Å². The standard InChI is InChI=1S/C23H28N2O5S/c1-5-6-12-24-23(26)22-16(2)18-13-20(29-3)21(30-4)14-19(18)25(31(22,27)28)15-17-10-8-7-9-11-17/h7-11,13-14H,5-6,12,15H2,1-4H3,(H,24,26). The van der Waals surface area contributed by atoms with Crippen LogP contribution in [-0.2, 0) is 21.4 Å². The molecule has 1 N–H and O–H groups in total. The highest BCUT2D eigenvalue weighted by atomic mass is 32.2. The third-order valence-electron chi connectivity index (χ3n) is 5.25. The largest absolute Gasteiger partial charge is 0.493 e. The van der Waals surface area contributed by atoms with Crippen LogP contribution >= 0.6 is 0 Å². The lowest BCUT2D eigenvalue weighted by Crippen LogP contribution is -2.41.